The lowest BCUT2D eigenvalue weighted by molar-refractivity contribution is -0.137. The molecule has 0 bridgehead atoms. The highest BCUT2D eigenvalue weighted by Crippen LogP contribution is 2.33. The van der Waals surface area contributed by atoms with Gasteiger partial charge in [-0.15, -0.1) is 0 Å². The fraction of sp³-hybridized carbons (Fsp3) is 0.296. The molecule has 3 aromatic carbocycles. The highest BCUT2D eigenvalue weighted by molar-refractivity contribution is 7.92. The number of alkyl halides is 3. The Kier molecular flexibility index (Phi) is 9.76. The molecule has 1 fully saturated rings. The second kappa shape index (κ2) is 13.1. The van der Waals surface area contributed by atoms with Crippen LogP contribution in [0.25, 0.3) is 0 Å². The predicted octanol–water partition coefficient (Wildman–Crippen LogP) is 3.12. The largest absolute Gasteiger partial charge is 0.492 e. The number of carbonyl (C=O) groups excluding carboxylic acids is 1. The number of amides is 1. The number of nitrogens with one attached hydrogen (secondary N) is 1. The van der Waals surface area contributed by atoms with E-state index in [1.807, 2.05) is 0 Å². The van der Waals surface area contributed by atoms with E-state index in [-0.39, 0.29) is 41.7 Å². The molecule has 0 saturated carbocycles. The number of morpholine rings is 1. The molecule has 10 nitrogen and oxygen atoms in total. The van der Waals surface area contributed by atoms with E-state index < -0.39 is 44.2 Å². The van der Waals surface area contributed by atoms with Gasteiger partial charge in [0.25, 0.3) is 10.0 Å². The summed E-state index contributed by atoms with van der Waals surface area (Å²) in [5.74, 6) is -0.440. The SMILES string of the molecule is O=C(CN(c1cccc(C(F)(F)F)c1)S(=O)(=O)c1ccccc1)NCCOc1ccc(S(=O)(=O)N2CCOCC2)cc1. The molecule has 0 unspecified atom stereocenters. The molecule has 4 rings (SSSR count). The Labute approximate surface area is 241 Å². The molecule has 1 N–H and O–H groups in total. The first-order valence-corrected chi connectivity index (χ1v) is 15.6. The molecule has 1 aliphatic heterocycles. The Hall–Kier alpha value is -3.66. The van der Waals surface area contributed by atoms with Crippen molar-refractivity contribution in [2.75, 3.05) is 50.3 Å². The van der Waals surface area contributed by atoms with Crippen LogP contribution in [0.15, 0.2) is 88.7 Å². The van der Waals surface area contributed by atoms with Gasteiger partial charge >= 0.3 is 6.18 Å². The lowest BCUT2D eigenvalue weighted by Gasteiger charge is -2.26. The number of sulfonamides is 2. The molecular formula is C27H28F3N3O7S2. The number of hydrogen-bond acceptors (Lipinski definition) is 7. The van der Waals surface area contributed by atoms with Gasteiger partial charge in [0.2, 0.25) is 15.9 Å². The summed E-state index contributed by atoms with van der Waals surface area (Å²) in [6.07, 6.45) is -4.72. The maximum atomic E-state index is 13.3. The van der Waals surface area contributed by atoms with Gasteiger partial charge in [0, 0.05) is 13.1 Å². The number of rotatable bonds is 11. The van der Waals surface area contributed by atoms with E-state index in [0.717, 1.165) is 12.1 Å². The van der Waals surface area contributed by atoms with Crippen molar-refractivity contribution in [2.45, 2.75) is 16.0 Å². The molecule has 15 heteroatoms. The molecule has 0 atom stereocenters. The Bertz CT molecular complexity index is 1580. The first-order valence-electron chi connectivity index (χ1n) is 12.7. The quantitative estimate of drug-likeness (QED) is 0.324. The normalized spacial score (nSPS) is 14.7. The summed E-state index contributed by atoms with van der Waals surface area (Å²) < 4.78 is 105. The van der Waals surface area contributed by atoms with Gasteiger partial charge in [-0.05, 0) is 54.6 Å². The van der Waals surface area contributed by atoms with Gasteiger partial charge in [-0.1, -0.05) is 24.3 Å². The third-order valence-electron chi connectivity index (χ3n) is 6.20. The van der Waals surface area contributed by atoms with Crippen molar-refractivity contribution in [1.82, 2.24) is 9.62 Å². The number of anilines is 1. The molecular weight excluding hydrogens is 599 g/mol. The van der Waals surface area contributed by atoms with Crippen LogP contribution in [0.1, 0.15) is 5.56 Å². The van der Waals surface area contributed by atoms with Crippen molar-refractivity contribution in [1.29, 1.82) is 0 Å². The van der Waals surface area contributed by atoms with Crippen LogP contribution in [0.4, 0.5) is 18.9 Å². The lowest BCUT2D eigenvalue weighted by atomic mass is 10.2. The number of ether oxygens (including phenoxy) is 2. The average molecular weight is 628 g/mol. The molecule has 3 aromatic rings. The van der Waals surface area contributed by atoms with Gasteiger partial charge in [-0.2, -0.15) is 17.5 Å². The van der Waals surface area contributed by atoms with Crippen molar-refractivity contribution < 1.29 is 44.3 Å². The number of halogens is 3. The third kappa shape index (κ3) is 7.59. The molecule has 0 aromatic heterocycles. The number of carbonyl (C=O) groups is 1. The maximum absolute atomic E-state index is 13.3. The molecule has 1 aliphatic rings. The van der Waals surface area contributed by atoms with Gasteiger partial charge in [0.15, 0.2) is 0 Å². The summed E-state index contributed by atoms with van der Waals surface area (Å²) in [6.45, 7) is 0.276. The molecule has 1 heterocycles. The molecule has 0 aliphatic carbocycles. The monoisotopic (exact) mass is 627 g/mol. The van der Waals surface area contributed by atoms with Crippen LogP contribution < -0.4 is 14.4 Å². The third-order valence-corrected chi connectivity index (χ3v) is 9.91. The van der Waals surface area contributed by atoms with E-state index in [1.54, 1.807) is 6.07 Å². The number of nitrogens with zero attached hydrogens (tertiary/aromatic N) is 2. The van der Waals surface area contributed by atoms with E-state index in [0.29, 0.717) is 29.3 Å². The Balaban J connectivity index is 1.39. The van der Waals surface area contributed by atoms with Crippen LogP contribution in [-0.2, 0) is 35.8 Å². The van der Waals surface area contributed by atoms with Crippen LogP contribution >= 0.6 is 0 Å². The van der Waals surface area contributed by atoms with E-state index in [9.17, 15) is 34.8 Å². The van der Waals surface area contributed by atoms with Crippen LogP contribution in [-0.4, -0.2) is 73.0 Å². The smallest absolute Gasteiger partial charge is 0.416 e. The van der Waals surface area contributed by atoms with Gasteiger partial charge in [0.05, 0.1) is 40.8 Å². The Morgan fingerprint density at radius 1 is 0.905 bits per heavy atom. The first-order chi connectivity index (χ1) is 19.9. The van der Waals surface area contributed by atoms with Gasteiger partial charge in [0.1, 0.15) is 18.9 Å². The summed E-state index contributed by atoms with van der Waals surface area (Å²) in [7, 11) is -8.06. The Morgan fingerprint density at radius 2 is 1.57 bits per heavy atom. The second-order valence-electron chi connectivity index (χ2n) is 9.06. The van der Waals surface area contributed by atoms with E-state index in [4.69, 9.17) is 9.47 Å². The first kappa shape index (κ1) is 31.3. The van der Waals surface area contributed by atoms with Crippen molar-refractivity contribution in [3.05, 3.63) is 84.4 Å². The van der Waals surface area contributed by atoms with Crippen LogP contribution in [0.3, 0.4) is 0 Å². The minimum atomic E-state index is -4.72. The highest BCUT2D eigenvalue weighted by atomic mass is 32.2. The molecule has 1 saturated heterocycles. The summed E-state index contributed by atoms with van der Waals surface area (Å²) in [4.78, 5) is 12.6. The number of benzene rings is 3. The van der Waals surface area contributed by atoms with E-state index in [2.05, 4.69) is 5.32 Å². The zero-order chi connectivity index (χ0) is 30.4. The van der Waals surface area contributed by atoms with Crippen molar-refractivity contribution in [3.8, 4) is 5.75 Å². The topological polar surface area (TPSA) is 122 Å². The number of hydrogen-bond donors (Lipinski definition) is 1. The van der Waals surface area contributed by atoms with E-state index in [1.165, 1.54) is 58.9 Å². The van der Waals surface area contributed by atoms with Gasteiger partial charge in [-0.25, -0.2) is 16.8 Å². The summed E-state index contributed by atoms with van der Waals surface area (Å²) in [5, 5.41) is 2.49. The van der Waals surface area contributed by atoms with Gasteiger partial charge < -0.3 is 14.8 Å². The van der Waals surface area contributed by atoms with Crippen LogP contribution in [0, 0.1) is 0 Å². The van der Waals surface area contributed by atoms with Crippen molar-refractivity contribution in [3.63, 3.8) is 0 Å². The zero-order valence-electron chi connectivity index (χ0n) is 22.2. The maximum Gasteiger partial charge on any atom is 0.416 e. The standard InChI is InChI=1S/C27H28F3N3O7S2/c28-27(29,30)21-5-4-6-22(19-21)33(42(37,38)24-7-2-1-3-8-24)20-26(34)31-13-16-40-23-9-11-25(12-10-23)41(35,36)32-14-17-39-18-15-32/h1-12,19H,13-18,20H2,(H,31,34). The summed E-state index contributed by atoms with van der Waals surface area (Å²) in [6, 6.07) is 16.5. The Morgan fingerprint density at radius 3 is 2.21 bits per heavy atom. The minimum Gasteiger partial charge on any atom is -0.492 e. The van der Waals surface area contributed by atoms with Crippen molar-refractivity contribution in [2.24, 2.45) is 0 Å². The molecule has 1 amide bonds. The molecule has 0 spiro atoms. The van der Waals surface area contributed by atoms with Gasteiger partial charge in [-0.3, -0.25) is 9.10 Å². The zero-order valence-corrected chi connectivity index (χ0v) is 23.8. The van der Waals surface area contributed by atoms with Crippen LogP contribution in [0.2, 0.25) is 0 Å². The predicted molar refractivity (Wildman–Crippen MR) is 147 cm³/mol. The van der Waals surface area contributed by atoms with Crippen molar-refractivity contribution >= 4 is 31.6 Å². The minimum absolute atomic E-state index is 0.0453. The second-order valence-corrected chi connectivity index (χ2v) is 12.9. The lowest BCUT2D eigenvalue weighted by Crippen LogP contribution is -2.42. The molecule has 226 valence electrons. The summed E-state index contributed by atoms with van der Waals surface area (Å²) >= 11 is 0. The summed E-state index contributed by atoms with van der Waals surface area (Å²) in [5.41, 5.74) is -1.39. The molecule has 42 heavy (non-hydrogen) atoms. The van der Waals surface area contributed by atoms with Crippen LogP contribution in [0.5, 0.6) is 5.75 Å². The fourth-order valence-corrected chi connectivity index (χ4v) is 6.90. The average Bonchev–Trinajstić information content (AvgIpc) is 2.99. The molecule has 0 radical (unpaired) electrons. The van der Waals surface area contributed by atoms with E-state index >= 15 is 0 Å². The highest BCUT2D eigenvalue weighted by Gasteiger charge is 2.33. The fourth-order valence-electron chi connectivity index (χ4n) is 4.06.